The van der Waals surface area contributed by atoms with Gasteiger partial charge in [0.2, 0.25) is 11.8 Å². The summed E-state index contributed by atoms with van der Waals surface area (Å²) in [4.78, 5) is 38.5. The highest BCUT2D eigenvalue weighted by Crippen LogP contribution is 2.45. The molecule has 1 N–H and O–H groups in total. The van der Waals surface area contributed by atoms with E-state index in [1.807, 2.05) is 65.6 Å². The number of hydrogen-bond acceptors (Lipinski definition) is 5. The van der Waals surface area contributed by atoms with Crippen LogP contribution < -0.4 is 10.2 Å². The minimum Gasteiger partial charge on any atom is -0.353 e. The van der Waals surface area contributed by atoms with Gasteiger partial charge in [0.15, 0.2) is 0 Å². The highest BCUT2D eigenvalue weighted by Gasteiger charge is 2.52. The summed E-state index contributed by atoms with van der Waals surface area (Å²) in [7, 11) is 0. The first-order chi connectivity index (χ1) is 18.9. The van der Waals surface area contributed by atoms with Gasteiger partial charge in [-0.2, -0.15) is 0 Å². The SMILES string of the molecule is O=C(C1CCCN(C2(Cc3cccc(Cl)c3)C(=O)Nc3cc(Cl)ccc32)C1)N1CCN(c2ccccn2)CC1. The Labute approximate surface area is 238 Å². The number of halogens is 2. The zero-order valence-corrected chi connectivity index (χ0v) is 23.2. The Morgan fingerprint density at radius 1 is 0.974 bits per heavy atom. The Morgan fingerprint density at radius 2 is 1.79 bits per heavy atom. The Morgan fingerprint density at radius 3 is 2.56 bits per heavy atom. The van der Waals surface area contributed by atoms with Crippen LogP contribution in [0.15, 0.2) is 66.9 Å². The molecular weight excluding hydrogens is 533 g/mol. The number of fused-ring (bicyclic) bond motifs is 1. The predicted molar refractivity (Wildman–Crippen MR) is 154 cm³/mol. The summed E-state index contributed by atoms with van der Waals surface area (Å²) in [6.07, 6.45) is 3.92. The Hall–Kier alpha value is -3.13. The van der Waals surface area contributed by atoms with Crippen LogP contribution in [0.4, 0.5) is 11.5 Å². The molecule has 0 aliphatic carbocycles. The number of carbonyl (C=O) groups is 2. The van der Waals surface area contributed by atoms with E-state index in [2.05, 4.69) is 20.1 Å². The lowest BCUT2D eigenvalue weighted by Gasteiger charge is -2.45. The normalized spacial score (nSPS) is 23.4. The summed E-state index contributed by atoms with van der Waals surface area (Å²) < 4.78 is 0. The van der Waals surface area contributed by atoms with Gasteiger partial charge in [-0.05, 0) is 61.3 Å². The molecule has 6 rings (SSSR count). The van der Waals surface area contributed by atoms with Crippen molar-refractivity contribution in [3.05, 3.63) is 88.0 Å². The Bertz CT molecular complexity index is 1380. The van der Waals surface area contributed by atoms with Gasteiger partial charge in [-0.1, -0.05) is 47.5 Å². The van der Waals surface area contributed by atoms with Crippen molar-refractivity contribution in [3.63, 3.8) is 0 Å². The molecule has 3 aromatic rings. The number of amides is 2. The number of pyridine rings is 1. The van der Waals surface area contributed by atoms with E-state index in [1.165, 1.54) is 0 Å². The molecule has 7 nitrogen and oxygen atoms in total. The van der Waals surface area contributed by atoms with Crippen molar-refractivity contribution >= 4 is 46.5 Å². The van der Waals surface area contributed by atoms with Crippen LogP contribution in [0.1, 0.15) is 24.0 Å². The second-order valence-corrected chi connectivity index (χ2v) is 11.5. The molecule has 2 aromatic carbocycles. The van der Waals surface area contributed by atoms with E-state index < -0.39 is 5.54 Å². The molecule has 1 aromatic heterocycles. The van der Waals surface area contributed by atoms with Gasteiger partial charge in [0, 0.05) is 66.6 Å². The van der Waals surface area contributed by atoms with Crippen molar-refractivity contribution in [2.75, 3.05) is 49.5 Å². The Balaban J connectivity index is 1.24. The van der Waals surface area contributed by atoms with Gasteiger partial charge in [0.1, 0.15) is 11.4 Å². The maximum Gasteiger partial charge on any atom is 0.249 e. The van der Waals surface area contributed by atoms with Crippen molar-refractivity contribution < 1.29 is 9.59 Å². The first-order valence-corrected chi connectivity index (χ1v) is 14.3. The van der Waals surface area contributed by atoms with Gasteiger partial charge < -0.3 is 15.1 Å². The minimum atomic E-state index is -0.943. The maximum absolute atomic E-state index is 13.9. The fourth-order valence-electron chi connectivity index (χ4n) is 6.35. The molecule has 4 heterocycles. The number of aromatic nitrogens is 1. The van der Waals surface area contributed by atoms with Gasteiger partial charge in [0.05, 0.1) is 5.92 Å². The molecule has 0 spiro atoms. The van der Waals surface area contributed by atoms with E-state index in [1.54, 1.807) is 6.20 Å². The van der Waals surface area contributed by atoms with Crippen LogP contribution in [0.2, 0.25) is 10.0 Å². The smallest absolute Gasteiger partial charge is 0.249 e. The van der Waals surface area contributed by atoms with Crippen LogP contribution in [-0.4, -0.2) is 65.9 Å². The molecular formula is C30H31Cl2N5O2. The number of anilines is 2. The topological polar surface area (TPSA) is 68.8 Å². The molecule has 2 amide bonds. The monoisotopic (exact) mass is 563 g/mol. The molecule has 39 heavy (non-hydrogen) atoms. The van der Waals surface area contributed by atoms with Gasteiger partial charge in [-0.25, -0.2) is 4.98 Å². The lowest BCUT2D eigenvalue weighted by atomic mass is 9.80. The van der Waals surface area contributed by atoms with Gasteiger partial charge in [-0.15, -0.1) is 0 Å². The molecule has 0 bridgehead atoms. The standard InChI is InChI=1S/C30H31Cl2N5O2/c31-23-7-3-5-21(17-23)19-30(25-10-9-24(32)18-26(25)34-29(30)39)37-12-4-6-22(20-37)28(38)36-15-13-35(14-16-36)27-8-1-2-11-33-27/h1-3,5,7-11,17-18,22H,4,6,12-16,19-20H2,(H,34,39). The first kappa shape index (κ1) is 26.1. The number of carbonyl (C=O) groups excluding carboxylic acids is 2. The number of nitrogens with zero attached hydrogens (tertiary/aromatic N) is 4. The van der Waals surface area contributed by atoms with E-state index >= 15 is 0 Å². The van der Waals surface area contributed by atoms with E-state index in [0.29, 0.717) is 36.1 Å². The molecule has 2 atom stereocenters. The van der Waals surface area contributed by atoms with Gasteiger partial charge in [0.25, 0.3) is 0 Å². The van der Waals surface area contributed by atoms with Gasteiger partial charge in [-0.3, -0.25) is 14.5 Å². The van der Waals surface area contributed by atoms with E-state index in [0.717, 1.165) is 55.1 Å². The molecule has 0 saturated carbocycles. The number of piperidine rings is 1. The largest absolute Gasteiger partial charge is 0.353 e. The third-order valence-corrected chi connectivity index (χ3v) is 8.75. The van der Waals surface area contributed by atoms with E-state index in [4.69, 9.17) is 23.2 Å². The average molecular weight is 565 g/mol. The molecule has 2 saturated heterocycles. The minimum absolute atomic E-state index is 0.0863. The molecule has 9 heteroatoms. The second-order valence-electron chi connectivity index (χ2n) is 10.6. The highest BCUT2D eigenvalue weighted by molar-refractivity contribution is 6.31. The highest BCUT2D eigenvalue weighted by atomic mass is 35.5. The van der Waals surface area contributed by atoms with Crippen molar-refractivity contribution in [2.45, 2.75) is 24.8 Å². The summed E-state index contributed by atoms with van der Waals surface area (Å²) in [5.41, 5.74) is 1.66. The van der Waals surface area contributed by atoms with Crippen LogP contribution in [0.3, 0.4) is 0 Å². The van der Waals surface area contributed by atoms with Crippen molar-refractivity contribution in [1.29, 1.82) is 0 Å². The molecule has 3 aliphatic heterocycles. The number of piperazine rings is 1. The van der Waals surface area contributed by atoms with Crippen LogP contribution in [-0.2, 0) is 21.5 Å². The van der Waals surface area contributed by atoms with Crippen LogP contribution in [0, 0.1) is 5.92 Å². The predicted octanol–water partition coefficient (Wildman–Crippen LogP) is 4.84. The molecule has 2 unspecified atom stereocenters. The van der Waals surface area contributed by atoms with Crippen LogP contribution >= 0.6 is 23.2 Å². The van der Waals surface area contributed by atoms with Crippen molar-refractivity contribution in [1.82, 2.24) is 14.8 Å². The third-order valence-electron chi connectivity index (χ3n) is 8.28. The third kappa shape index (κ3) is 4.99. The number of likely N-dealkylation sites (tertiary alicyclic amines) is 1. The lowest BCUT2D eigenvalue weighted by Crippen LogP contribution is -2.58. The fraction of sp³-hybridized carbons (Fsp3) is 0.367. The number of benzene rings is 2. The first-order valence-electron chi connectivity index (χ1n) is 13.5. The summed E-state index contributed by atoms with van der Waals surface area (Å²) in [5, 5.41) is 4.29. The zero-order chi connectivity index (χ0) is 27.0. The molecule has 3 aliphatic rings. The van der Waals surface area contributed by atoms with E-state index in [-0.39, 0.29) is 17.7 Å². The number of nitrogens with one attached hydrogen (secondary N) is 1. The quantitative estimate of drug-likeness (QED) is 0.481. The maximum atomic E-state index is 13.9. The van der Waals surface area contributed by atoms with E-state index in [9.17, 15) is 9.59 Å². The average Bonchev–Trinajstić information content (AvgIpc) is 3.23. The van der Waals surface area contributed by atoms with Crippen molar-refractivity contribution in [3.8, 4) is 0 Å². The lowest BCUT2D eigenvalue weighted by molar-refractivity contribution is -0.141. The number of rotatable bonds is 5. The summed E-state index contributed by atoms with van der Waals surface area (Å²) >= 11 is 12.6. The summed E-state index contributed by atoms with van der Waals surface area (Å²) in [6.45, 7) is 4.11. The number of hydrogen-bond donors (Lipinski definition) is 1. The Kier molecular flexibility index (Phi) is 7.23. The molecule has 202 valence electrons. The zero-order valence-electron chi connectivity index (χ0n) is 21.7. The van der Waals surface area contributed by atoms with Crippen LogP contribution in [0.5, 0.6) is 0 Å². The summed E-state index contributed by atoms with van der Waals surface area (Å²) in [6, 6.07) is 19.2. The second kappa shape index (κ2) is 10.8. The molecule has 2 fully saturated rings. The molecule has 0 radical (unpaired) electrons. The van der Waals surface area contributed by atoms with Crippen LogP contribution in [0.25, 0.3) is 0 Å². The summed E-state index contributed by atoms with van der Waals surface area (Å²) in [5.74, 6) is 0.868. The van der Waals surface area contributed by atoms with Crippen molar-refractivity contribution in [2.24, 2.45) is 5.92 Å². The van der Waals surface area contributed by atoms with Gasteiger partial charge >= 0.3 is 0 Å². The fourth-order valence-corrected chi connectivity index (χ4v) is 6.74.